The molecule has 0 aliphatic heterocycles. The molecule has 4 heteroatoms. The van der Waals surface area contributed by atoms with Crippen LogP contribution in [0.15, 0.2) is 134 Å². The molecule has 1 aliphatic rings. The molecule has 0 N–H and O–H groups in total. The fourth-order valence-electron chi connectivity index (χ4n) is 7.15. The molecule has 0 amide bonds. The lowest BCUT2D eigenvalue weighted by atomic mass is 9.82. The van der Waals surface area contributed by atoms with Crippen LogP contribution >= 0.6 is 0 Å². The normalized spacial score (nSPS) is 13.5. The van der Waals surface area contributed by atoms with E-state index in [4.69, 9.17) is 4.98 Å². The molecule has 0 saturated heterocycles. The molecule has 8 aromatic rings. The SMILES string of the molecule is CC1(C)c2ccccc2-c2cc3c(cc21)c1ccncc1n3-c1ccc(-c2nc3ccccc3n2-c2ccccc2)cc1. The van der Waals surface area contributed by atoms with Crippen molar-refractivity contribution in [1.29, 1.82) is 0 Å². The number of rotatable bonds is 3. The number of aromatic nitrogens is 4. The van der Waals surface area contributed by atoms with Gasteiger partial charge in [0.2, 0.25) is 0 Å². The van der Waals surface area contributed by atoms with Crippen molar-refractivity contribution >= 4 is 32.8 Å². The lowest BCUT2D eigenvalue weighted by Crippen LogP contribution is -2.14. The average Bonchev–Trinajstić information content (AvgIpc) is 3.67. The minimum atomic E-state index is -0.0482. The molecular formula is C39H28N4. The first-order valence-corrected chi connectivity index (χ1v) is 14.8. The van der Waals surface area contributed by atoms with Crippen molar-refractivity contribution in [1.82, 2.24) is 19.1 Å². The second-order valence-corrected chi connectivity index (χ2v) is 12.0. The zero-order valence-electron chi connectivity index (χ0n) is 24.0. The zero-order chi connectivity index (χ0) is 28.7. The van der Waals surface area contributed by atoms with Crippen molar-refractivity contribution in [2.24, 2.45) is 0 Å². The maximum atomic E-state index is 5.07. The number of fused-ring (bicyclic) bond motifs is 7. The van der Waals surface area contributed by atoms with Crippen LogP contribution in [0.25, 0.3) is 66.7 Å². The lowest BCUT2D eigenvalue weighted by Gasteiger charge is -2.21. The Morgan fingerprint density at radius 2 is 1.30 bits per heavy atom. The van der Waals surface area contributed by atoms with E-state index in [1.54, 1.807) is 0 Å². The smallest absolute Gasteiger partial charge is 0.145 e. The molecule has 43 heavy (non-hydrogen) atoms. The highest BCUT2D eigenvalue weighted by Crippen LogP contribution is 2.50. The zero-order valence-corrected chi connectivity index (χ0v) is 24.0. The van der Waals surface area contributed by atoms with Crippen molar-refractivity contribution in [3.05, 3.63) is 145 Å². The predicted molar refractivity (Wildman–Crippen MR) is 176 cm³/mol. The molecule has 0 saturated carbocycles. The maximum absolute atomic E-state index is 5.07. The van der Waals surface area contributed by atoms with Crippen molar-refractivity contribution < 1.29 is 0 Å². The van der Waals surface area contributed by atoms with Crippen molar-refractivity contribution in [3.63, 3.8) is 0 Å². The lowest BCUT2D eigenvalue weighted by molar-refractivity contribution is 0.661. The minimum Gasteiger partial charge on any atom is -0.308 e. The largest absolute Gasteiger partial charge is 0.308 e. The van der Waals surface area contributed by atoms with Gasteiger partial charge in [0.25, 0.3) is 0 Å². The van der Waals surface area contributed by atoms with Gasteiger partial charge in [0.15, 0.2) is 0 Å². The highest BCUT2D eigenvalue weighted by atomic mass is 15.1. The predicted octanol–water partition coefficient (Wildman–Crippen LogP) is 9.49. The Morgan fingerprint density at radius 3 is 2.16 bits per heavy atom. The summed E-state index contributed by atoms with van der Waals surface area (Å²) in [6.45, 7) is 4.68. The Balaban J connectivity index is 1.25. The van der Waals surface area contributed by atoms with E-state index in [1.807, 2.05) is 24.5 Å². The Bertz CT molecular complexity index is 2360. The summed E-state index contributed by atoms with van der Waals surface area (Å²) in [7, 11) is 0. The summed E-state index contributed by atoms with van der Waals surface area (Å²) in [5.74, 6) is 0.930. The summed E-state index contributed by atoms with van der Waals surface area (Å²) >= 11 is 0. The fourth-order valence-corrected chi connectivity index (χ4v) is 7.15. The number of pyridine rings is 1. The first-order valence-electron chi connectivity index (χ1n) is 14.8. The molecule has 3 aromatic heterocycles. The first kappa shape index (κ1) is 24.2. The van der Waals surface area contributed by atoms with Crippen LogP contribution in [0.2, 0.25) is 0 Å². The van der Waals surface area contributed by atoms with Crippen LogP contribution in [0.1, 0.15) is 25.0 Å². The third-order valence-corrected chi connectivity index (χ3v) is 9.23. The Morgan fingerprint density at radius 1 is 0.558 bits per heavy atom. The van der Waals surface area contributed by atoms with E-state index >= 15 is 0 Å². The topological polar surface area (TPSA) is 35.6 Å². The van der Waals surface area contributed by atoms with Crippen LogP contribution in [0, 0.1) is 0 Å². The monoisotopic (exact) mass is 552 g/mol. The van der Waals surface area contributed by atoms with Gasteiger partial charge in [-0.2, -0.15) is 0 Å². The van der Waals surface area contributed by atoms with Gasteiger partial charge in [-0.05, 0) is 89.0 Å². The first-order chi connectivity index (χ1) is 21.1. The van der Waals surface area contributed by atoms with Crippen LogP contribution in [0.5, 0.6) is 0 Å². The van der Waals surface area contributed by atoms with E-state index in [0.717, 1.165) is 39.3 Å². The molecule has 5 aromatic carbocycles. The van der Waals surface area contributed by atoms with Gasteiger partial charge in [-0.1, -0.05) is 68.4 Å². The summed E-state index contributed by atoms with van der Waals surface area (Å²) in [5, 5.41) is 2.47. The van der Waals surface area contributed by atoms with Gasteiger partial charge in [0.1, 0.15) is 5.82 Å². The number of hydrogen-bond acceptors (Lipinski definition) is 2. The van der Waals surface area contributed by atoms with Gasteiger partial charge in [-0.15, -0.1) is 0 Å². The van der Waals surface area contributed by atoms with Crippen LogP contribution in [-0.4, -0.2) is 19.1 Å². The van der Waals surface area contributed by atoms with E-state index in [2.05, 4.69) is 137 Å². The number of nitrogens with zero attached hydrogens (tertiary/aromatic N) is 4. The minimum absolute atomic E-state index is 0.0482. The quantitative estimate of drug-likeness (QED) is 0.219. The van der Waals surface area contributed by atoms with Crippen LogP contribution in [0.3, 0.4) is 0 Å². The molecule has 1 aliphatic carbocycles. The van der Waals surface area contributed by atoms with Crippen molar-refractivity contribution in [3.8, 4) is 33.9 Å². The summed E-state index contributed by atoms with van der Waals surface area (Å²) in [5.41, 5.74) is 13.0. The van der Waals surface area contributed by atoms with Crippen molar-refractivity contribution in [2.45, 2.75) is 19.3 Å². The standard InChI is InChI=1S/C39H28N4/c1-39(2)32-13-7-6-12-28(32)30-23-36-31(22-33(30)39)29-20-21-40-24-37(29)42(36)27-18-16-25(17-19-27)38-41-34-14-8-9-15-35(34)43(38)26-10-4-3-5-11-26/h3-24H,1-2H3. The number of hydrogen-bond donors (Lipinski definition) is 0. The van der Waals surface area contributed by atoms with E-state index < -0.39 is 0 Å². The molecular weight excluding hydrogens is 524 g/mol. The van der Waals surface area contributed by atoms with E-state index in [-0.39, 0.29) is 5.41 Å². The fraction of sp³-hybridized carbons (Fsp3) is 0.0769. The number of benzene rings is 5. The third kappa shape index (κ3) is 3.38. The Labute approximate surface area is 249 Å². The van der Waals surface area contributed by atoms with Crippen molar-refractivity contribution in [2.75, 3.05) is 0 Å². The van der Waals surface area contributed by atoms with E-state index in [9.17, 15) is 0 Å². The van der Waals surface area contributed by atoms with E-state index in [0.29, 0.717) is 0 Å². The summed E-state index contributed by atoms with van der Waals surface area (Å²) in [6.07, 6.45) is 3.89. The van der Waals surface area contributed by atoms with Gasteiger partial charge in [-0.25, -0.2) is 4.98 Å². The summed E-state index contributed by atoms with van der Waals surface area (Å²) < 4.78 is 4.60. The van der Waals surface area contributed by atoms with Gasteiger partial charge in [-0.3, -0.25) is 9.55 Å². The Kier molecular flexibility index (Phi) is 4.92. The molecule has 204 valence electrons. The molecule has 0 radical (unpaired) electrons. The molecule has 9 rings (SSSR count). The highest BCUT2D eigenvalue weighted by Gasteiger charge is 2.36. The highest BCUT2D eigenvalue weighted by molar-refractivity contribution is 6.11. The van der Waals surface area contributed by atoms with Gasteiger partial charge in [0.05, 0.1) is 28.3 Å². The summed E-state index contributed by atoms with van der Waals surface area (Å²) in [4.78, 5) is 9.61. The molecule has 3 heterocycles. The molecule has 0 fully saturated rings. The van der Waals surface area contributed by atoms with Gasteiger partial charge in [0, 0.05) is 39.3 Å². The molecule has 0 atom stereocenters. The Hall–Kier alpha value is -5.48. The molecule has 0 bridgehead atoms. The summed E-state index contributed by atoms with van der Waals surface area (Å²) in [6, 6.07) is 43.4. The maximum Gasteiger partial charge on any atom is 0.145 e. The second-order valence-electron chi connectivity index (χ2n) is 12.0. The number of imidazole rings is 1. The van der Waals surface area contributed by atoms with E-state index in [1.165, 1.54) is 38.5 Å². The molecule has 0 unspecified atom stereocenters. The van der Waals surface area contributed by atoms with Crippen LogP contribution in [-0.2, 0) is 5.41 Å². The van der Waals surface area contributed by atoms with Crippen LogP contribution < -0.4 is 0 Å². The second kappa shape index (κ2) is 8.76. The van der Waals surface area contributed by atoms with Gasteiger partial charge >= 0.3 is 0 Å². The molecule has 4 nitrogen and oxygen atoms in total. The van der Waals surface area contributed by atoms with Gasteiger partial charge < -0.3 is 4.57 Å². The number of para-hydroxylation sites is 3. The molecule has 0 spiro atoms. The third-order valence-electron chi connectivity index (χ3n) is 9.23. The van der Waals surface area contributed by atoms with Crippen LogP contribution in [0.4, 0.5) is 0 Å². The average molecular weight is 553 g/mol.